The molecule has 1 fully saturated rings. The van der Waals surface area contributed by atoms with Crippen LogP contribution in [0.2, 0.25) is 0 Å². The van der Waals surface area contributed by atoms with E-state index in [-0.39, 0.29) is 5.92 Å². The number of hydrogen-bond donors (Lipinski definition) is 1. The Balaban J connectivity index is 2.26. The van der Waals surface area contributed by atoms with E-state index >= 15 is 0 Å². The van der Waals surface area contributed by atoms with Crippen molar-refractivity contribution < 1.29 is 9.53 Å². The van der Waals surface area contributed by atoms with Crippen LogP contribution >= 0.6 is 0 Å². The summed E-state index contributed by atoms with van der Waals surface area (Å²) in [5, 5.41) is 0. The van der Waals surface area contributed by atoms with Gasteiger partial charge < -0.3 is 15.4 Å². The normalized spacial score (nSPS) is 18.9. The van der Waals surface area contributed by atoms with Crippen LogP contribution in [0, 0.1) is 5.92 Å². The van der Waals surface area contributed by atoms with Crippen molar-refractivity contribution in [3.63, 3.8) is 0 Å². The molecule has 1 heterocycles. The zero-order valence-corrected chi connectivity index (χ0v) is 11.9. The quantitative estimate of drug-likeness (QED) is 0.755. The van der Waals surface area contributed by atoms with Gasteiger partial charge in [-0.25, -0.2) is 0 Å². The molecule has 106 valence electrons. The van der Waals surface area contributed by atoms with Crippen LogP contribution < -0.4 is 5.73 Å². The van der Waals surface area contributed by atoms with E-state index in [2.05, 4.69) is 13.8 Å². The molecule has 2 N–H and O–H groups in total. The highest BCUT2D eigenvalue weighted by Crippen LogP contribution is 2.18. The molecule has 1 unspecified atom stereocenters. The molecular weight excluding hydrogens is 228 g/mol. The molecule has 0 bridgehead atoms. The predicted octanol–water partition coefficient (Wildman–Crippen LogP) is 1.78. The number of amides is 1. The standard InChI is InChI=1S/C14H28N2O2/c1-3-4-5-12(2)14(17)16-9-6-13(7-10-16)18-11-8-15/h12-13H,3-11,15H2,1-2H3. The van der Waals surface area contributed by atoms with E-state index in [1.807, 2.05) is 4.90 Å². The van der Waals surface area contributed by atoms with E-state index in [1.165, 1.54) is 0 Å². The second-order valence-corrected chi connectivity index (χ2v) is 5.23. The van der Waals surface area contributed by atoms with Crippen molar-refractivity contribution in [2.24, 2.45) is 11.7 Å². The summed E-state index contributed by atoms with van der Waals surface area (Å²) >= 11 is 0. The van der Waals surface area contributed by atoms with Gasteiger partial charge in [0.25, 0.3) is 0 Å². The molecule has 0 aromatic heterocycles. The number of carbonyl (C=O) groups excluding carboxylic acids is 1. The third kappa shape index (κ3) is 4.94. The zero-order valence-electron chi connectivity index (χ0n) is 11.9. The minimum Gasteiger partial charge on any atom is -0.377 e. The monoisotopic (exact) mass is 256 g/mol. The molecule has 18 heavy (non-hydrogen) atoms. The summed E-state index contributed by atoms with van der Waals surface area (Å²) < 4.78 is 5.62. The van der Waals surface area contributed by atoms with Gasteiger partial charge in [-0.15, -0.1) is 0 Å². The molecule has 0 radical (unpaired) electrons. The number of rotatable bonds is 7. The van der Waals surface area contributed by atoms with Crippen LogP contribution in [-0.4, -0.2) is 43.2 Å². The van der Waals surface area contributed by atoms with Gasteiger partial charge in [-0.3, -0.25) is 4.79 Å². The van der Waals surface area contributed by atoms with Gasteiger partial charge in [0.15, 0.2) is 0 Å². The van der Waals surface area contributed by atoms with E-state index in [9.17, 15) is 4.79 Å². The van der Waals surface area contributed by atoms with E-state index in [0.717, 1.165) is 45.2 Å². The van der Waals surface area contributed by atoms with E-state index < -0.39 is 0 Å². The maximum atomic E-state index is 12.2. The molecule has 1 aliphatic rings. The number of nitrogens with zero attached hydrogens (tertiary/aromatic N) is 1. The first-order chi connectivity index (χ1) is 8.69. The van der Waals surface area contributed by atoms with Crippen molar-refractivity contribution in [3.05, 3.63) is 0 Å². The SMILES string of the molecule is CCCCC(C)C(=O)N1CCC(OCCN)CC1. The summed E-state index contributed by atoms with van der Waals surface area (Å²) in [4.78, 5) is 14.2. The molecule has 0 aromatic rings. The van der Waals surface area contributed by atoms with Gasteiger partial charge in [0.05, 0.1) is 12.7 Å². The van der Waals surface area contributed by atoms with Gasteiger partial charge in [-0.2, -0.15) is 0 Å². The smallest absolute Gasteiger partial charge is 0.225 e. The topological polar surface area (TPSA) is 55.6 Å². The van der Waals surface area contributed by atoms with E-state index in [4.69, 9.17) is 10.5 Å². The molecule has 4 heteroatoms. The lowest BCUT2D eigenvalue weighted by Gasteiger charge is -2.33. The number of likely N-dealkylation sites (tertiary alicyclic amines) is 1. The molecule has 1 aliphatic heterocycles. The first-order valence-electron chi connectivity index (χ1n) is 7.29. The maximum absolute atomic E-state index is 12.2. The molecule has 1 rings (SSSR count). The second-order valence-electron chi connectivity index (χ2n) is 5.23. The van der Waals surface area contributed by atoms with E-state index in [1.54, 1.807) is 0 Å². The van der Waals surface area contributed by atoms with Crippen LogP contribution in [0.5, 0.6) is 0 Å². The van der Waals surface area contributed by atoms with Crippen molar-refractivity contribution in [2.45, 2.75) is 52.1 Å². The molecule has 0 saturated carbocycles. The van der Waals surface area contributed by atoms with Gasteiger partial charge >= 0.3 is 0 Å². The molecular formula is C14H28N2O2. The van der Waals surface area contributed by atoms with Crippen molar-refractivity contribution >= 4 is 5.91 Å². The maximum Gasteiger partial charge on any atom is 0.225 e. The fourth-order valence-electron chi connectivity index (χ4n) is 2.42. The number of piperidine rings is 1. The molecule has 0 aliphatic carbocycles. The highest BCUT2D eigenvalue weighted by molar-refractivity contribution is 5.78. The fourth-order valence-corrected chi connectivity index (χ4v) is 2.42. The summed E-state index contributed by atoms with van der Waals surface area (Å²) in [6.45, 7) is 7.10. The minimum atomic E-state index is 0.173. The lowest BCUT2D eigenvalue weighted by Crippen LogP contribution is -2.43. The molecule has 1 atom stereocenters. The average Bonchev–Trinajstić information content (AvgIpc) is 2.42. The van der Waals surface area contributed by atoms with Gasteiger partial charge in [0.2, 0.25) is 5.91 Å². The third-order valence-electron chi connectivity index (χ3n) is 3.64. The average molecular weight is 256 g/mol. The van der Waals surface area contributed by atoms with Crippen molar-refractivity contribution in [1.82, 2.24) is 4.90 Å². The number of nitrogens with two attached hydrogens (primary N) is 1. The Morgan fingerprint density at radius 3 is 2.67 bits per heavy atom. The predicted molar refractivity (Wildman–Crippen MR) is 73.3 cm³/mol. The van der Waals surface area contributed by atoms with Crippen LogP contribution in [0.4, 0.5) is 0 Å². The van der Waals surface area contributed by atoms with Gasteiger partial charge in [-0.1, -0.05) is 26.7 Å². The van der Waals surface area contributed by atoms with Crippen LogP contribution in [0.3, 0.4) is 0 Å². The lowest BCUT2D eigenvalue weighted by atomic mass is 10.0. The Morgan fingerprint density at radius 1 is 1.44 bits per heavy atom. The zero-order chi connectivity index (χ0) is 13.4. The van der Waals surface area contributed by atoms with E-state index in [0.29, 0.717) is 25.2 Å². The first kappa shape index (κ1) is 15.4. The largest absolute Gasteiger partial charge is 0.377 e. The third-order valence-corrected chi connectivity index (χ3v) is 3.64. The fraction of sp³-hybridized carbons (Fsp3) is 0.929. The second kappa shape index (κ2) is 8.48. The van der Waals surface area contributed by atoms with Crippen LogP contribution in [0.25, 0.3) is 0 Å². The van der Waals surface area contributed by atoms with Gasteiger partial charge in [0.1, 0.15) is 0 Å². The summed E-state index contributed by atoms with van der Waals surface area (Å²) in [7, 11) is 0. The van der Waals surface area contributed by atoms with Crippen molar-refractivity contribution in [2.75, 3.05) is 26.2 Å². The van der Waals surface area contributed by atoms with Crippen LogP contribution in [-0.2, 0) is 9.53 Å². The molecule has 1 amide bonds. The Hall–Kier alpha value is -0.610. The van der Waals surface area contributed by atoms with Crippen LogP contribution in [0.1, 0.15) is 46.0 Å². The summed E-state index contributed by atoms with van der Waals surface area (Å²) in [5.41, 5.74) is 5.42. The Kier molecular flexibility index (Phi) is 7.28. The van der Waals surface area contributed by atoms with Gasteiger partial charge in [0, 0.05) is 25.6 Å². The Bertz CT molecular complexity index is 238. The molecule has 4 nitrogen and oxygen atoms in total. The summed E-state index contributed by atoms with van der Waals surface area (Å²) in [6, 6.07) is 0. The molecule has 1 saturated heterocycles. The van der Waals surface area contributed by atoms with Gasteiger partial charge in [-0.05, 0) is 19.3 Å². The molecule has 0 spiro atoms. The number of ether oxygens (including phenoxy) is 1. The lowest BCUT2D eigenvalue weighted by molar-refractivity contribution is -0.137. The Morgan fingerprint density at radius 2 is 2.11 bits per heavy atom. The van der Waals surface area contributed by atoms with Crippen molar-refractivity contribution in [1.29, 1.82) is 0 Å². The highest BCUT2D eigenvalue weighted by atomic mass is 16.5. The Labute approximate surface area is 111 Å². The summed E-state index contributed by atoms with van der Waals surface area (Å²) in [6.07, 6.45) is 5.51. The number of unbranched alkanes of at least 4 members (excludes halogenated alkanes) is 1. The minimum absolute atomic E-state index is 0.173. The number of carbonyl (C=O) groups is 1. The number of hydrogen-bond acceptors (Lipinski definition) is 3. The van der Waals surface area contributed by atoms with Crippen molar-refractivity contribution in [3.8, 4) is 0 Å². The highest BCUT2D eigenvalue weighted by Gasteiger charge is 2.25. The first-order valence-corrected chi connectivity index (χ1v) is 7.29. The van der Waals surface area contributed by atoms with Crippen LogP contribution in [0.15, 0.2) is 0 Å². The summed E-state index contributed by atoms with van der Waals surface area (Å²) in [5.74, 6) is 0.493. The molecule has 0 aromatic carbocycles.